The Bertz CT molecular complexity index is 941. The first-order chi connectivity index (χ1) is 25.7. The van der Waals surface area contributed by atoms with E-state index in [1.807, 2.05) is 19.0 Å². The number of carbonyl (C=O) groups excluding carboxylic acids is 2. The Morgan fingerprint density at radius 2 is 0.962 bits per heavy atom. The number of nitrogens with zero attached hydrogens (tertiary/aromatic N) is 1. The van der Waals surface area contributed by atoms with Crippen LogP contribution in [0.25, 0.3) is 0 Å². The van der Waals surface area contributed by atoms with E-state index in [0.717, 1.165) is 64.2 Å². The second kappa shape index (κ2) is 38.8. The third-order valence-corrected chi connectivity index (χ3v) is 10.2. The predicted molar refractivity (Wildman–Crippen MR) is 220 cm³/mol. The second-order valence-corrected chi connectivity index (χ2v) is 16.3. The van der Waals surface area contributed by atoms with Crippen LogP contribution in [0, 0.1) is 0 Å². The molecule has 0 saturated heterocycles. The number of esters is 2. The number of phosphoric ester groups is 1. The number of hydrogen-bond acceptors (Lipinski definition) is 8. The van der Waals surface area contributed by atoms with Crippen molar-refractivity contribution in [1.82, 2.24) is 4.90 Å². The molecular formula is C43H82NO8P. The predicted octanol–water partition coefficient (Wildman–Crippen LogP) is 12.2. The highest BCUT2D eigenvalue weighted by Crippen LogP contribution is 2.43. The lowest BCUT2D eigenvalue weighted by atomic mass is 10.1. The van der Waals surface area contributed by atoms with Crippen LogP contribution in [0.3, 0.4) is 0 Å². The Hall–Kier alpha value is -1.51. The van der Waals surface area contributed by atoms with Gasteiger partial charge in [-0.15, -0.1) is 0 Å². The molecule has 0 aliphatic rings. The van der Waals surface area contributed by atoms with Crippen molar-refractivity contribution in [3.63, 3.8) is 0 Å². The summed E-state index contributed by atoms with van der Waals surface area (Å²) >= 11 is 0. The van der Waals surface area contributed by atoms with E-state index in [0.29, 0.717) is 13.0 Å². The highest BCUT2D eigenvalue weighted by Gasteiger charge is 2.26. The first-order valence-electron chi connectivity index (χ1n) is 21.6. The Morgan fingerprint density at radius 1 is 0.566 bits per heavy atom. The van der Waals surface area contributed by atoms with E-state index in [4.69, 9.17) is 18.5 Å². The average Bonchev–Trinajstić information content (AvgIpc) is 3.12. The lowest BCUT2D eigenvalue weighted by Gasteiger charge is -2.20. The molecule has 2 atom stereocenters. The summed E-state index contributed by atoms with van der Waals surface area (Å²) in [5.41, 5.74) is 0. The van der Waals surface area contributed by atoms with Gasteiger partial charge in [-0.25, -0.2) is 4.57 Å². The van der Waals surface area contributed by atoms with Crippen molar-refractivity contribution in [3.05, 3.63) is 24.3 Å². The minimum absolute atomic E-state index is 0.00635. The highest BCUT2D eigenvalue weighted by molar-refractivity contribution is 7.47. The van der Waals surface area contributed by atoms with Crippen LogP contribution in [0.15, 0.2) is 24.3 Å². The summed E-state index contributed by atoms with van der Waals surface area (Å²) in [5.74, 6) is -0.814. The third-order valence-electron chi connectivity index (χ3n) is 9.23. The molecule has 53 heavy (non-hydrogen) atoms. The molecular weight excluding hydrogens is 689 g/mol. The lowest BCUT2D eigenvalue weighted by Crippen LogP contribution is -2.29. The minimum atomic E-state index is -4.36. The van der Waals surface area contributed by atoms with E-state index in [1.165, 1.54) is 96.3 Å². The van der Waals surface area contributed by atoms with Gasteiger partial charge in [0.1, 0.15) is 6.61 Å². The fourth-order valence-corrected chi connectivity index (χ4v) is 6.59. The zero-order valence-electron chi connectivity index (χ0n) is 34.7. The van der Waals surface area contributed by atoms with Gasteiger partial charge in [0.15, 0.2) is 6.10 Å². The summed E-state index contributed by atoms with van der Waals surface area (Å²) in [4.78, 5) is 37.0. The van der Waals surface area contributed by atoms with Crippen LogP contribution in [0.1, 0.15) is 194 Å². The number of rotatable bonds is 40. The van der Waals surface area contributed by atoms with Gasteiger partial charge in [-0.05, 0) is 78.3 Å². The molecule has 0 amide bonds. The zero-order chi connectivity index (χ0) is 39.1. The van der Waals surface area contributed by atoms with Gasteiger partial charge >= 0.3 is 19.8 Å². The van der Waals surface area contributed by atoms with E-state index >= 15 is 0 Å². The SMILES string of the molecule is CCCCCC/C=C\CCCCCCCC(=O)OCC(COP(=O)(O)OCCN(C)C)OC(=O)CCCCCCCCC/C=C\CCCCCCCC. The number of unbranched alkanes of at least 4 members (excludes halogenated alkanes) is 22. The summed E-state index contributed by atoms with van der Waals surface area (Å²) in [6.07, 6.45) is 39.3. The van der Waals surface area contributed by atoms with Crippen molar-refractivity contribution in [3.8, 4) is 0 Å². The van der Waals surface area contributed by atoms with Gasteiger partial charge in [-0.3, -0.25) is 18.6 Å². The Labute approximate surface area is 326 Å². The number of allylic oxidation sites excluding steroid dienone is 4. The molecule has 0 saturated carbocycles. The summed E-state index contributed by atoms with van der Waals surface area (Å²) in [7, 11) is -0.713. The maximum atomic E-state index is 12.6. The molecule has 1 N–H and O–H groups in total. The summed E-state index contributed by atoms with van der Waals surface area (Å²) < 4.78 is 33.4. The number of phosphoric acid groups is 1. The Morgan fingerprint density at radius 3 is 1.42 bits per heavy atom. The van der Waals surface area contributed by atoms with Crippen LogP contribution < -0.4 is 0 Å². The molecule has 312 valence electrons. The molecule has 0 bridgehead atoms. The van der Waals surface area contributed by atoms with Crippen molar-refractivity contribution in [2.24, 2.45) is 0 Å². The molecule has 0 aliphatic carbocycles. The lowest BCUT2D eigenvalue weighted by molar-refractivity contribution is -0.161. The molecule has 0 fully saturated rings. The molecule has 0 aromatic rings. The fraction of sp³-hybridized carbons (Fsp3) is 0.860. The van der Waals surface area contributed by atoms with Gasteiger partial charge in [0.05, 0.1) is 13.2 Å². The number of ether oxygens (including phenoxy) is 2. The maximum Gasteiger partial charge on any atom is 0.472 e. The molecule has 0 rings (SSSR count). The normalized spacial score (nSPS) is 13.6. The molecule has 0 radical (unpaired) electrons. The third kappa shape index (κ3) is 40.0. The molecule has 0 aromatic heterocycles. The van der Waals surface area contributed by atoms with Gasteiger partial charge in [0.25, 0.3) is 0 Å². The standard InChI is InChI=1S/C43H82NO8P/c1-5-7-9-11-13-15-17-19-20-21-22-24-26-28-30-32-34-36-43(46)52-41(40-51-53(47,48)50-38-37-44(3)4)39-49-42(45)35-33-31-29-27-25-23-18-16-14-12-10-8-6-2/h16,18-20,41H,5-15,17,21-40H2,1-4H3,(H,47,48)/b18-16-,20-19-. The minimum Gasteiger partial charge on any atom is -0.462 e. The van der Waals surface area contributed by atoms with E-state index in [-0.39, 0.29) is 32.0 Å². The van der Waals surface area contributed by atoms with Crippen LogP contribution in [-0.4, -0.2) is 68.3 Å². The average molecular weight is 772 g/mol. The summed E-state index contributed by atoms with van der Waals surface area (Å²) in [5, 5.41) is 0. The van der Waals surface area contributed by atoms with E-state index < -0.39 is 26.5 Å². The Kier molecular flexibility index (Phi) is 37.6. The van der Waals surface area contributed by atoms with Gasteiger partial charge in [0.2, 0.25) is 0 Å². The first-order valence-corrected chi connectivity index (χ1v) is 23.1. The number of carbonyl (C=O) groups is 2. The van der Waals surface area contributed by atoms with Crippen LogP contribution in [0.5, 0.6) is 0 Å². The monoisotopic (exact) mass is 772 g/mol. The van der Waals surface area contributed by atoms with E-state index in [9.17, 15) is 19.0 Å². The molecule has 0 aromatic carbocycles. The zero-order valence-corrected chi connectivity index (χ0v) is 35.6. The topological polar surface area (TPSA) is 112 Å². The largest absolute Gasteiger partial charge is 0.472 e. The quantitative estimate of drug-likeness (QED) is 0.0281. The molecule has 10 heteroatoms. The summed E-state index contributed by atoms with van der Waals surface area (Å²) in [6.45, 7) is 4.30. The fourth-order valence-electron chi connectivity index (χ4n) is 5.85. The Balaban J connectivity index is 4.30. The van der Waals surface area contributed by atoms with Gasteiger partial charge in [0, 0.05) is 19.4 Å². The van der Waals surface area contributed by atoms with E-state index in [1.54, 1.807) is 0 Å². The van der Waals surface area contributed by atoms with Crippen molar-refractivity contribution in [1.29, 1.82) is 0 Å². The van der Waals surface area contributed by atoms with Gasteiger partial charge in [-0.2, -0.15) is 0 Å². The molecule has 0 aliphatic heterocycles. The van der Waals surface area contributed by atoms with Crippen LogP contribution >= 0.6 is 7.82 Å². The van der Waals surface area contributed by atoms with Crippen LogP contribution in [0.4, 0.5) is 0 Å². The maximum absolute atomic E-state index is 12.6. The van der Waals surface area contributed by atoms with Crippen molar-refractivity contribution >= 4 is 19.8 Å². The van der Waals surface area contributed by atoms with Gasteiger partial charge < -0.3 is 19.3 Å². The van der Waals surface area contributed by atoms with Crippen molar-refractivity contribution in [2.75, 3.05) is 40.5 Å². The highest BCUT2D eigenvalue weighted by atomic mass is 31.2. The smallest absolute Gasteiger partial charge is 0.462 e. The van der Waals surface area contributed by atoms with Crippen molar-refractivity contribution < 1.29 is 37.6 Å². The first kappa shape index (κ1) is 51.5. The van der Waals surface area contributed by atoms with Crippen molar-refractivity contribution in [2.45, 2.75) is 200 Å². The summed E-state index contributed by atoms with van der Waals surface area (Å²) in [6, 6.07) is 0. The number of hydrogen-bond donors (Lipinski definition) is 1. The second-order valence-electron chi connectivity index (χ2n) is 14.9. The van der Waals surface area contributed by atoms with Crippen LogP contribution in [0.2, 0.25) is 0 Å². The van der Waals surface area contributed by atoms with Crippen LogP contribution in [-0.2, 0) is 32.7 Å². The molecule has 0 spiro atoms. The molecule has 0 heterocycles. The van der Waals surface area contributed by atoms with E-state index in [2.05, 4.69) is 38.2 Å². The molecule has 2 unspecified atom stereocenters. The number of likely N-dealkylation sites (N-methyl/N-ethyl adjacent to an activating group) is 1. The molecule has 9 nitrogen and oxygen atoms in total. The van der Waals surface area contributed by atoms with Gasteiger partial charge in [-0.1, -0.05) is 141 Å².